The number of amides is 1. The first-order chi connectivity index (χ1) is 8.86. The fourth-order valence-corrected chi connectivity index (χ4v) is 3.64. The number of sulfonamides is 1. The van der Waals surface area contributed by atoms with Gasteiger partial charge in [0.2, 0.25) is 15.9 Å². The van der Waals surface area contributed by atoms with Crippen LogP contribution in [-0.4, -0.2) is 81.0 Å². The lowest BCUT2D eigenvalue weighted by Gasteiger charge is -2.22. The molecular formula is C12H25N3O3S. The molecular weight excluding hydrogens is 266 g/mol. The topological polar surface area (TPSA) is 60.9 Å². The van der Waals surface area contributed by atoms with Crippen LogP contribution >= 0.6 is 0 Å². The molecule has 0 spiro atoms. The summed E-state index contributed by atoms with van der Waals surface area (Å²) in [7, 11) is 0.355. The fourth-order valence-electron chi connectivity index (χ4n) is 2.10. The molecule has 1 heterocycles. The summed E-state index contributed by atoms with van der Waals surface area (Å²) in [5.41, 5.74) is 0. The number of nitrogens with zero attached hydrogens (tertiary/aromatic N) is 3. The third-order valence-corrected chi connectivity index (χ3v) is 5.34. The van der Waals surface area contributed by atoms with Crippen molar-refractivity contribution in [1.82, 2.24) is 14.1 Å². The van der Waals surface area contributed by atoms with Crippen molar-refractivity contribution in [1.29, 1.82) is 0 Å². The number of carbonyl (C=O) groups is 1. The molecule has 0 aromatic rings. The van der Waals surface area contributed by atoms with E-state index in [-0.39, 0.29) is 11.7 Å². The van der Waals surface area contributed by atoms with E-state index in [1.54, 1.807) is 23.3 Å². The minimum Gasteiger partial charge on any atom is -0.348 e. The minimum absolute atomic E-state index is 0.0601. The normalized spacial score (nSPS) is 19.1. The Morgan fingerprint density at radius 2 is 1.84 bits per heavy atom. The van der Waals surface area contributed by atoms with Crippen molar-refractivity contribution >= 4 is 15.9 Å². The molecule has 0 bridgehead atoms. The molecule has 0 saturated carbocycles. The summed E-state index contributed by atoms with van der Waals surface area (Å²) in [4.78, 5) is 15.3. The average Bonchev–Trinajstić information content (AvgIpc) is 2.54. The molecule has 1 amide bonds. The zero-order valence-electron chi connectivity index (χ0n) is 12.1. The molecule has 112 valence electrons. The van der Waals surface area contributed by atoms with Gasteiger partial charge < -0.3 is 4.90 Å². The van der Waals surface area contributed by atoms with E-state index in [4.69, 9.17) is 0 Å². The van der Waals surface area contributed by atoms with Crippen LogP contribution in [0.25, 0.3) is 0 Å². The van der Waals surface area contributed by atoms with Crippen molar-refractivity contribution < 1.29 is 13.2 Å². The van der Waals surface area contributed by atoms with Crippen molar-refractivity contribution in [3.8, 4) is 0 Å². The van der Waals surface area contributed by atoms with Crippen molar-refractivity contribution in [2.45, 2.75) is 19.8 Å². The zero-order chi connectivity index (χ0) is 14.5. The van der Waals surface area contributed by atoms with Gasteiger partial charge in [0, 0.05) is 33.7 Å². The predicted octanol–water partition coefficient (Wildman–Crippen LogP) is -0.178. The molecule has 19 heavy (non-hydrogen) atoms. The number of rotatable bonds is 5. The number of likely N-dealkylation sites (N-methyl/N-ethyl adjacent to an activating group) is 1. The van der Waals surface area contributed by atoms with Gasteiger partial charge in [-0.1, -0.05) is 6.92 Å². The van der Waals surface area contributed by atoms with Gasteiger partial charge in [0.15, 0.2) is 0 Å². The van der Waals surface area contributed by atoms with Crippen molar-refractivity contribution in [3.05, 3.63) is 0 Å². The van der Waals surface area contributed by atoms with E-state index < -0.39 is 10.0 Å². The van der Waals surface area contributed by atoms with Crippen molar-refractivity contribution in [3.63, 3.8) is 0 Å². The lowest BCUT2D eigenvalue weighted by atomic mass is 10.4. The van der Waals surface area contributed by atoms with Gasteiger partial charge in [-0.2, -0.15) is 0 Å². The molecule has 1 aliphatic heterocycles. The summed E-state index contributed by atoms with van der Waals surface area (Å²) in [6.07, 6.45) is 1.42. The lowest BCUT2D eigenvalue weighted by Crippen LogP contribution is -2.40. The van der Waals surface area contributed by atoms with Crippen molar-refractivity contribution in [2.75, 3.05) is 52.6 Å². The van der Waals surface area contributed by atoms with E-state index in [9.17, 15) is 13.2 Å². The molecule has 1 saturated heterocycles. The van der Waals surface area contributed by atoms with Gasteiger partial charge in [0.25, 0.3) is 0 Å². The zero-order valence-corrected chi connectivity index (χ0v) is 12.9. The summed E-state index contributed by atoms with van der Waals surface area (Å²) < 4.78 is 25.6. The molecule has 1 rings (SSSR count). The van der Waals surface area contributed by atoms with Crippen LogP contribution in [0.4, 0.5) is 0 Å². The van der Waals surface area contributed by atoms with Gasteiger partial charge in [-0.05, 0) is 19.4 Å². The first-order valence-corrected chi connectivity index (χ1v) is 8.38. The summed E-state index contributed by atoms with van der Waals surface area (Å²) in [5.74, 6) is 0.272. The van der Waals surface area contributed by atoms with E-state index in [1.165, 1.54) is 0 Å². The van der Waals surface area contributed by atoms with Gasteiger partial charge in [0.1, 0.15) is 0 Å². The monoisotopic (exact) mass is 291 g/mol. The largest absolute Gasteiger partial charge is 0.348 e. The third-order valence-electron chi connectivity index (χ3n) is 3.26. The fraction of sp³-hybridized carbons (Fsp3) is 0.917. The Hall–Kier alpha value is -0.660. The molecule has 0 unspecified atom stereocenters. The highest BCUT2D eigenvalue weighted by Crippen LogP contribution is 2.09. The highest BCUT2D eigenvalue weighted by atomic mass is 32.2. The molecule has 0 aromatic heterocycles. The standard InChI is InChI=1S/C12H25N3O3S/c1-4-10-19(17,18)15-7-5-6-14(8-9-15)11-12(16)13(2)3/h4-11H2,1-3H3. The van der Waals surface area contributed by atoms with E-state index in [0.29, 0.717) is 32.6 Å². The van der Waals surface area contributed by atoms with Gasteiger partial charge in [-0.25, -0.2) is 12.7 Å². The highest BCUT2D eigenvalue weighted by molar-refractivity contribution is 7.89. The maximum Gasteiger partial charge on any atom is 0.236 e. The van der Waals surface area contributed by atoms with E-state index >= 15 is 0 Å². The molecule has 1 aliphatic rings. The smallest absolute Gasteiger partial charge is 0.236 e. The average molecular weight is 291 g/mol. The summed E-state index contributed by atoms with van der Waals surface area (Å²) >= 11 is 0. The lowest BCUT2D eigenvalue weighted by molar-refractivity contribution is -0.129. The van der Waals surface area contributed by atoms with Crippen LogP contribution in [0, 0.1) is 0 Å². The molecule has 1 fully saturated rings. The summed E-state index contributed by atoms with van der Waals surface area (Å²) in [6.45, 7) is 4.70. The van der Waals surface area contributed by atoms with Gasteiger partial charge in [-0.15, -0.1) is 0 Å². The predicted molar refractivity (Wildman–Crippen MR) is 75.4 cm³/mol. The maximum absolute atomic E-state index is 12.0. The van der Waals surface area contributed by atoms with Gasteiger partial charge in [0.05, 0.1) is 12.3 Å². The third kappa shape index (κ3) is 5.08. The highest BCUT2D eigenvalue weighted by Gasteiger charge is 2.25. The summed E-state index contributed by atoms with van der Waals surface area (Å²) in [5, 5.41) is 0. The first-order valence-electron chi connectivity index (χ1n) is 6.77. The van der Waals surface area contributed by atoms with E-state index in [2.05, 4.69) is 0 Å². The Balaban J connectivity index is 2.54. The molecule has 0 radical (unpaired) electrons. The van der Waals surface area contributed by atoms with Crippen molar-refractivity contribution in [2.24, 2.45) is 0 Å². The van der Waals surface area contributed by atoms with Crippen LogP contribution in [-0.2, 0) is 14.8 Å². The van der Waals surface area contributed by atoms with Crippen LogP contribution in [0.1, 0.15) is 19.8 Å². The second kappa shape index (κ2) is 7.21. The second-order valence-corrected chi connectivity index (χ2v) is 7.22. The number of hydrogen-bond donors (Lipinski definition) is 0. The SMILES string of the molecule is CCCS(=O)(=O)N1CCCN(CC(=O)N(C)C)CC1. The Bertz CT molecular complexity index is 395. The molecule has 0 atom stereocenters. The minimum atomic E-state index is -3.11. The Labute approximate surface area is 116 Å². The summed E-state index contributed by atoms with van der Waals surface area (Å²) in [6, 6.07) is 0. The molecule has 0 aromatic carbocycles. The Kier molecular flexibility index (Phi) is 6.22. The molecule has 0 N–H and O–H groups in total. The maximum atomic E-state index is 12.0. The Morgan fingerprint density at radius 3 is 2.42 bits per heavy atom. The van der Waals surface area contributed by atoms with Crippen LogP contribution in [0.5, 0.6) is 0 Å². The molecule has 0 aliphatic carbocycles. The number of hydrogen-bond acceptors (Lipinski definition) is 4. The van der Waals surface area contributed by atoms with E-state index in [1.807, 2.05) is 11.8 Å². The van der Waals surface area contributed by atoms with Gasteiger partial charge in [-0.3, -0.25) is 9.69 Å². The molecule has 6 nitrogen and oxygen atoms in total. The molecule has 7 heteroatoms. The van der Waals surface area contributed by atoms with Crippen LogP contribution in [0.15, 0.2) is 0 Å². The second-order valence-electron chi connectivity index (χ2n) is 5.13. The van der Waals surface area contributed by atoms with Crippen LogP contribution in [0.2, 0.25) is 0 Å². The quantitative estimate of drug-likeness (QED) is 0.705. The Morgan fingerprint density at radius 1 is 1.16 bits per heavy atom. The van der Waals surface area contributed by atoms with Crippen LogP contribution < -0.4 is 0 Å². The van der Waals surface area contributed by atoms with Crippen LogP contribution in [0.3, 0.4) is 0 Å². The van der Waals surface area contributed by atoms with Gasteiger partial charge >= 0.3 is 0 Å². The van der Waals surface area contributed by atoms with E-state index in [0.717, 1.165) is 13.0 Å². The number of carbonyl (C=O) groups excluding carboxylic acids is 1. The first kappa shape index (κ1) is 16.4.